The molecular weight excluding hydrogens is 292 g/mol. The molecule has 3 rings (SSSR count). The second kappa shape index (κ2) is 5.71. The molecule has 1 N–H and O–H groups in total. The van der Waals surface area contributed by atoms with Gasteiger partial charge in [0.05, 0.1) is 12.6 Å². The summed E-state index contributed by atoms with van der Waals surface area (Å²) >= 11 is 0. The minimum absolute atomic E-state index is 0.0597. The maximum absolute atomic E-state index is 12.4. The first-order valence-electron chi connectivity index (χ1n) is 8.27. The van der Waals surface area contributed by atoms with Gasteiger partial charge in [-0.3, -0.25) is 0 Å². The van der Waals surface area contributed by atoms with E-state index in [0.29, 0.717) is 13.1 Å². The van der Waals surface area contributed by atoms with Gasteiger partial charge in [0.2, 0.25) is 0 Å². The van der Waals surface area contributed by atoms with Crippen molar-refractivity contribution in [3.8, 4) is 0 Å². The van der Waals surface area contributed by atoms with Crippen molar-refractivity contribution in [2.24, 2.45) is 0 Å². The van der Waals surface area contributed by atoms with Crippen molar-refractivity contribution in [3.05, 3.63) is 29.3 Å². The van der Waals surface area contributed by atoms with Crippen LogP contribution < -0.4 is 4.90 Å². The van der Waals surface area contributed by atoms with Gasteiger partial charge in [-0.1, -0.05) is 12.1 Å². The van der Waals surface area contributed by atoms with E-state index in [-0.39, 0.29) is 24.8 Å². The van der Waals surface area contributed by atoms with Crippen LogP contribution in [0.4, 0.5) is 10.5 Å². The molecule has 23 heavy (non-hydrogen) atoms. The lowest BCUT2D eigenvalue weighted by molar-refractivity contribution is 0.0192. The molecule has 0 saturated carbocycles. The van der Waals surface area contributed by atoms with Crippen LogP contribution in [-0.2, 0) is 17.8 Å². The first kappa shape index (κ1) is 16.1. The SMILES string of the molecule is C[C@@H]1CN(C(=O)OC(C)(C)C)C[C@H]2Cc3ccc(CO)cc3N21. The van der Waals surface area contributed by atoms with Crippen LogP contribution in [0.5, 0.6) is 0 Å². The van der Waals surface area contributed by atoms with Crippen molar-refractivity contribution in [1.29, 1.82) is 0 Å². The van der Waals surface area contributed by atoms with E-state index in [2.05, 4.69) is 24.0 Å². The second-order valence-electron chi connectivity index (χ2n) is 7.62. The molecule has 1 fully saturated rings. The Morgan fingerprint density at radius 2 is 2.09 bits per heavy atom. The first-order valence-corrected chi connectivity index (χ1v) is 8.27. The van der Waals surface area contributed by atoms with Gasteiger partial charge in [-0.15, -0.1) is 0 Å². The van der Waals surface area contributed by atoms with Gasteiger partial charge < -0.3 is 19.6 Å². The summed E-state index contributed by atoms with van der Waals surface area (Å²) in [7, 11) is 0. The minimum Gasteiger partial charge on any atom is -0.444 e. The molecule has 1 amide bonds. The van der Waals surface area contributed by atoms with E-state index in [0.717, 1.165) is 12.0 Å². The molecule has 0 bridgehead atoms. The van der Waals surface area contributed by atoms with Crippen LogP contribution in [0, 0.1) is 0 Å². The zero-order valence-corrected chi connectivity index (χ0v) is 14.4. The molecule has 2 aliphatic heterocycles. The highest BCUT2D eigenvalue weighted by Crippen LogP contribution is 2.37. The number of anilines is 1. The molecular formula is C18H26N2O3. The van der Waals surface area contributed by atoms with Gasteiger partial charge in [0.1, 0.15) is 5.60 Å². The lowest BCUT2D eigenvalue weighted by Gasteiger charge is -2.44. The lowest BCUT2D eigenvalue weighted by atomic mass is 10.1. The highest BCUT2D eigenvalue weighted by Gasteiger charge is 2.40. The van der Waals surface area contributed by atoms with Crippen LogP contribution in [0.1, 0.15) is 38.8 Å². The topological polar surface area (TPSA) is 53.0 Å². The summed E-state index contributed by atoms with van der Waals surface area (Å²) in [5, 5.41) is 9.37. The summed E-state index contributed by atoms with van der Waals surface area (Å²) < 4.78 is 5.52. The summed E-state index contributed by atoms with van der Waals surface area (Å²) in [4.78, 5) is 16.6. The molecule has 5 nitrogen and oxygen atoms in total. The van der Waals surface area contributed by atoms with Gasteiger partial charge in [0, 0.05) is 24.8 Å². The molecule has 1 saturated heterocycles. The standard InChI is InChI=1S/C18H26N2O3/c1-12-9-19(17(22)23-18(2,3)4)10-15-8-14-6-5-13(11-21)7-16(14)20(12)15/h5-7,12,15,21H,8-11H2,1-4H3/t12-,15-/m1/s1. The zero-order valence-electron chi connectivity index (χ0n) is 14.4. The van der Waals surface area contributed by atoms with Gasteiger partial charge >= 0.3 is 6.09 Å². The van der Waals surface area contributed by atoms with Gasteiger partial charge in [0.25, 0.3) is 0 Å². The molecule has 1 aromatic carbocycles. The molecule has 0 aliphatic carbocycles. The molecule has 0 aromatic heterocycles. The van der Waals surface area contributed by atoms with Crippen LogP contribution in [0.3, 0.4) is 0 Å². The summed E-state index contributed by atoms with van der Waals surface area (Å²) in [6.07, 6.45) is 0.709. The monoisotopic (exact) mass is 318 g/mol. The van der Waals surface area contributed by atoms with Gasteiger partial charge in [-0.2, -0.15) is 0 Å². The van der Waals surface area contributed by atoms with Crippen molar-refractivity contribution in [2.75, 3.05) is 18.0 Å². The Hall–Kier alpha value is -1.75. The number of aliphatic hydroxyl groups excluding tert-OH is 1. The Kier molecular flexibility index (Phi) is 4.00. The van der Waals surface area contributed by atoms with Gasteiger partial charge in [0.15, 0.2) is 0 Å². The van der Waals surface area contributed by atoms with E-state index in [4.69, 9.17) is 4.74 Å². The lowest BCUT2D eigenvalue weighted by Crippen LogP contribution is -2.58. The zero-order chi connectivity index (χ0) is 16.8. The number of aliphatic hydroxyl groups is 1. The van der Waals surface area contributed by atoms with E-state index in [1.807, 2.05) is 31.7 Å². The Balaban J connectivity index is 1.78. The summed E-state index contributed by atoms with van der Waals surface area (Å²) in [5.74, 6) is 0. The highest BCUT2D eigenvalue weighted by molar-refractivity contribution is 5.70. The third-order valence-corrected chi connectivity index (χ3v) is 4.50. The number of nitrogens with zero attached hydrogens (tertiary/aromatic N) is 2. The van der Waals surface area contributed by atoms with Crippen LogP contribution in [0.25, 0.3) is 0 Å². The van der Waals surface area contributed by atoms with E-state index in [1.165, 1.54) is 11.3 Å². The summed E-state index contributed by atoms with van der Waals surface area (Å²) in [6, 6.07) is 6.68. The van der Waals surface area contributed by atoms with E-state index < -0.39 is 5.60 Å². The summed E-state index contributed by atoms with van der Waals surface area (Å²) in [5.41, 5.74) is 2.97. The predicted octanol–water partition coefficient (Wildman–Crippen LogP) is 2.55. The molecule has 5 heteroatoms. The Labute approximate surface area is 137 Å². The quantitative estimate of drug-likeness (QED) is 0.864. The largest absolute Gasteiger partial charge is 0.444 e. The van der Waals surface area contributed by atoms with E-state index >= 15 is 0 Å². The van der Waals surface area contributed by atoms with Crippen molar-refractivity contribution < 1.29 is 14.6 Å². The number of rotatable bonds is 1. The predicted molar refractivity (Wildman–Crippen MR) is 89.6 cm³/mol. The molecule has 0 unspecified atom stereocenters. The number of carbonyl (C=O) groups excluding carboxylic acids is 1. The molecule has 2 heterocycles. The second-order valence-corrected chi connectivity index (χ2v) is 7.62. The van der Waals surface area contributed by atoms with Crippen molar-refractivity contribution >= 4 is 11.8 Å². The molecule has 0 spiro atoms. The Bertz CT molecular complexity index is 609. The van der Waals surface area contributed by atoms with Crippen LogP contribution in [0.15, 0.2) is 18.2 Å². The smallest absolute Gasteiger partial charge is 0.410 e. The Morgan fingerprint density at radius 1 is 1.35 bits per heavy atom. The number of benzene rings is 1. The number of piperazine rings is 1. The number of amides is 1. The van der Waals surface area contributed by atoms with Crippen molar-refractivity contribution in [2.45, 2.75) is 58.4 Å². The fraction of sp³-hybridized carbons (Fsp3) is 0.611. The minimum atomic E-state index is -0.466. The molecule has 2 atom stereocenters. The number of ether oxygens (including phenoxy) is 1. The average Bonchev–Trinajstić information content (AvgIpc) is 2.83. The number of hydrogen-bond acceptors (Lipinski definition) is 4. The normalized spacial score (nSPS) is 23.5. The first-order chi connectivity index (χ1) is 10.8. The maximum atomic E-state index is 12.4. The van der Waals surface area contributed by atoms with Gasteiger partial charge in [-0.05, 0) is 51.3 Å². The van der Waals surface area contributed by atoms with E-state index in [9.17, 15) is 9.90 Å². The molecule has 1 aromatic rings. The van der Waals surface area contributed by atoms with Gasteiger partial charge in [-0.25, -0.2) is 4.79 Å². The molecule has 0 radical (unpaired) electrons. The average molecular weight is 318 g/mol. The highest BCUT2D eigenvalue weighted by atomic mass is 16.6. The fourth-order valence-electron chi connectivity index (χ4n) is 3.63. The van der Waals surface area contributed by atoms with Crippen molar-refractivity contribution in [1.82, 2.24) is 4.90 Å². The van der Waals surface area contributed by atoms with Crippen LogP contribution in [0.2, 0.25) is 0 Å². The third-order valence-electron chi connectivity index (χ3n) is 4.50. The number of fused-ring (bicyclic) bond motifs is 3. The fourth-order valence-corrected chi connectivity index (χ4v) is 3.63. The Morgan fingerprint density at radius 3 is 2.74 bits per heavy atom. The maximum Gasteiger partial charge on any atom is 0.410 e. The third kappa shape index (κ3) is 3.15. The summed E-state index contributed by atoms with van der Waals surface area (Å²) in [6.45, 7) is 9.23. The van der Waals surface area contributed by atoms with Crippen LogP contribution in [-0.4, -0.2) is 46.9 Å². The molecule has 2 aliphatic rings. The molecule has 126 valence electrons. The number of hydrogen-bond donors (Lipinski definition) is 1. The van der Waals surface area contributed by atoms with Crippen molar-refractivity contribution in [3.63, 3.8) is 0 Å². The van der Waals surface area contributed by atoms with Crippen LogP contribution >= 0.6 is 0 Å². The number of carbonyl (C=O) groups is 1. The van der Waals surface area contributed by atoms with E-state index in [1.54, 1.807) is 0 Å².